The average Bonchev–Trinajstić information content (AvgIpc) is 2.73. The van der Waals surface area contributed by atoms with Crippen LogP contribution in [0.1, 0.15) is 13.2 Å². The molecule has 0 saturated carbocycles. The summed E-state index contributed by atoms with van der Waals surface area (Å²) in [5.41, 5.74) is 6.95. The number of nitrogen functional groups attached to an aromatic ring is 1. The summed E-state index contributed by atoms with van der Waals surface area (Å²) >= 11 is 0. The molecular weight excluding hydrogens is 222 g/mol. The van der Waals surface area contributed by atoms with Gasteiger partial charge >= 0.3 is 0 Å². The van der Waals surface area contributed by atoms with E-state index in [1.165, 1.54) is 6.33 Å². The number of aliphatic hydroxyl groups is 1. The summed E-state index contributed by atoms with van der Waals surface area (Å²) in [6.45, 7) is 2.05. The largest absolute Gasteiger partial charge is 0.394 e. The van der Waals surface area contributed by atoms with E-state index in [1.807, 2.05) is 11.5 Å². The molecule has 0 bridgehead atoms. The highest BCUT2D eigenvalue weighted by Gasteiger charge is 2.40. The van der Waals surface area contributed by atoms with E-state index < -0.39 is 0 Å². The van der Waals surface area contributed by atoms with Crippen LogP contribution in [0.15, 0.2) is 12.7 Å². The van der Waals surface area contributed by atoms with Crippen molar-refractivity contribution in [2.45, 2.75) is 19.3 Å². The Morgan fingerprint density at radius 2 is 2.29 bits per heavy atom. The first-order chi connectivity index (χ1) is 8.22. The minimum Gasteiger partial charge on any atom is -0.394 e. The summed E-state index contributed by atoms with van der Waals surface area (Å²) in [6, 6.07) is 0. The number of imidazole rings is 1. The van der Waals surface area contributed by atoms with E-state index in [-0.39, 0.29) is 24.9 Å². The van der Waals surface area contributed by atoms with Crippen molar-refractivity contribution < 1.29 is 9.84 Å². The van der Waals surface area contributed by atoms with Crippen molar-refractivity contribution in [3.05, 3.63) is 12.7 Å². The summed E-state index contributed by atoms with van der Waals surface area (Å²) in [5.74, 6) is 0.577. The van der Waals surface area contributed by atoms with Gasteiger partial charge in [-0.15, -0.1) is 0 Å². The second-order valence-corrected chi connectivity index (χ2v) is 4.19. The normalized spacial score (nSPS) is 28.2. The molecule has 7 heteroatoms. The molecule has 0 spiro atoms. The highest BCUT2D eigenvalue weighted by atomic mass is 16.5. The zero-order valence-corrected chi connectivity index (χ0v) is 9.32. The number of nitrogens with two attached hydrogens (primary N) is 1. The van der Waals surface area contributed by atoms with Crippen molar-refractivity contribution in [2.75, 3.05) is 12.3 Å². The van der Waals surface area contributed by atoms with E-state index in [9.17, 15) is 0 Å². The summed E-state index contributed by atoms with van der Waals surface area (Å²) in [4.78, 5) is 12.2. The number of anilines is 1. The van der Waals surface area contributed by atoms with E-state index >= 15 is 0 Å². The van der Waals surface area contributed by atoms with Crippen molar-refractivity contribution >= 4 is 17.0 Å². The third-order valence-corrected chi connectivity index (χ3v) is 3.19. The van der Waals surface area contributed by atoms with Crippen LogP contribution in [0.25, 0.3) is 11.2 Å². The first-order valence-corrected chi connectivity index (χ1v) is 5.41. The molecule has 90 valence electrons. The van der Waals surface area contributed by atoms with E-state index in [1.54, 1.807) is 6.33 Å². The predicted octanol–water partition coefficient (Wildman–Crippen LogP) is -0.0657. The fourth-order valence-corrected chi connectivity index (χ4v) is 2.11. The predicted molar refractivity (Wildman–Crippen MR) is 59.9 cm³/mol. The number of aliphatic hydroxyl groups excluding tert-OH is 1. The fourth-order valence-electron chi connectivity index (χ4n) is 2.11. The summed E-state index contributed by atoms with van der Waals surface area (Å²) < 4.78 is 7.39. The lowest BCUT2D eigenvalue weighted by molar-refractivity contribution is -0.227. The standard InChI is InChI=1S/C10H13N5O2/c1-5-6(2-16)17-10(5)15-4-14-7-8(11)12-3-13-9(7)15/h3-6,10,16H,2H2,1H3,(H2,11,12,13). The molecular formula is C10H13N5O2. The van der Waals surface area contributed by atoms with Crippen LogP contribution < -0.4 is 5.73 Å². The maximum absolute atomic E-state index is 9.03. The van der Waals surface area contributed by atoms with Gasteiger partial charge in [-0.05, 0) is 0 Å². The minimum absolute atomic E-state index is 0.0292. The molecule has 7 nitrogen and oxygen atoms in total. The Balaban J connectivity index is 2.00. The molecule has 3 heterocycles. The molecule has 3 N–H and O–H groups in total. The molecule has 2 aromatic rings. The van der Waals surface area contributed by atoms with Gasteiger partial charge in [0.05, 0.1) is 19.0 Å². The van der Waals surface area contributed by atoms with Gasteiger partial charge in [-0.1, -0.05) is 6.92 Å². The third-order valence-electron chi connectivity index (χ3n) is 3.19. The van der Waals surface area contributed by atoms with Gasteiger partial charge in [-0.25, -0.2) is 15.0 Å². The van der Waals surface area contributed by atoms with Crippen LogP contribution in [-0.2, 0) is 4.74 Å². The van der Waals surface area contributed by atoms with Gasteiger partial charge < -0.3 is 15.6 Å². The Bertz CT molecular complexity index is 555. The molecule has 0 aliphatic carbocycles. The lowest BCUT2D eigenvalue weighted by Crippen LogP contribution is -2.45. The zero-order valence-electron chi connectivity index (χ0n) is 9.32. The Labute approximate surface area is 97.3 Å². The van der Waals surface area contributed by atoms with Gasteiger partial charge in [0, 0.05) is 5.92 Å². The summed E-state index contributed by atoms with van der Waals surface area (Å²) in [5, 5.41) is 9.03. The smallest absolute Gasteiger partial charge is 0.167 e. The molecule has 3 atom stereocenters. The zero-order chi connectivity index (χ0) is 12.0. The number of rotatable bonds is 2. The number of aromatic nitrogens is 4. The number of hydrogen-bond acceptors (Lipinski definition) is 6. The van der Waals surface area contributed by atoms with E-state index in [2.05, 4.69) is 15.0 Å². The molecule has 17 heavy (non-hydrogen) atoms. The first kappa shape index (κ1) is 10.4. The Kier molecular flexibility index (Phi) is 2.23. The monoisotopic (exact) mass is 235 g/mol. The first-order valence-electron chi connectivity index (χ1n) is 5.41. The Hall–Kier alpha value is -1.73. The number of ether oxygens (including phenoxy) is 1. The number of nitrogens with zero attached hydrogens (tertiary/aromatic N) is 4. The maximum Gasteiger partial charge on any atom is 0.167 e. The van der Waals surface area contributed by atoms with E-state index in [4.69, 9.17) is 15.6 Å². The lowest BCUT2D eigenvalue weighted by Gasteiger charge is -2.42. The summed E-state index contributed by atoms with van der Waals surface area (Å²) in [6.07, 6.45) is 2.79. The van der Waals surface area contributed by atoms with Gasteiger partial charge in [-0.3, -0.25) is 4.57 Å². The number of hydrogen-bond donors (Lipinski definition) is 2. The van der Waals surface area contributed by atoms with Crippen LogP contribution in [0.3, 0.4) is 0 Å². The highest BCUT2D eigenvalue weighted by Crippen LogP contribution is 2.38. The second-order valence-electron chi connectivity index (χ2n) is 4.19. The van der Waals surface area contributed by atoms with Crippen LogP contribution in [-0.4, -0.2) is 37.3 Å². The topological polar surface area (TPSA) is 99.1 Å². The van der Waals surface area contributed by atoms with Gasteiger partial charge in [0.25, 0.3) is 0 Å². The lowest BCUT2D eigenvalue weighted by atomic mass is 9.97. The van der Waals surface area contributed by atoms with Crippen LogP contribution in [0.2, 0.25) is 0 Å². The molecule has 1 saturated heterocycles. The third kappa shape index (κ3) is 1.39. The molecule has 0 aromatic carbocycles. The van der Waals surface area contributed by atoms with Crippen molar-refractivity contribution in [3.8, 4) is 0 Å². The molecule has 3 unspecified atom stereocenters. The van der Waals surface area contributed by atoms with E-state index in [0.29, 0.717) is 17.0 Å². The molecule has 0 amide bonds. The highest BCUT2D eigenvalue weighted by molar-refractivity contribution is 5.81. The maximum atomic E-state index is 9.03. The van der Waals surface area contributed by atoms with Crippen molar-refractivity contribution in [3.63, 3.8) is 0 Å². The van der Waals surface area contributed by atoms with Crippen LogP contribution in [0.4, 0.5) is 5.82 Å². The van der Waals surface area contributed by atoms with Gasteiger partial charge in [0.15, 0.2) is 11.5 Å². The fraction of sp³-hybridized carbons (Fsp3) is 0.500. The molecule has 1 aliphatic rings. The van der Waals surface area contributed by atoms with Crippen molar-refractivity contribution in [1.29, 1.82) is 0 Å². The van der Waals surface area contributed by atoms with Crippen LogP contribution >= 0.6 is 0 Å². The van der Waals surface area contributed by atoms with Gasteiger partial charge in [-0.2, -0.15) is 0 Å². The average molecular weight is 235 g/mol. The second kappa shape index (κ2) is 3.64. The van der Waals surface area contributed by atoms with Crippen LogP contribution in [0.5, 0.6) is 0 Å². The van der Waals surface area contributed by atoms with E-state index in [0.717, 1.165) is 0 Å². The molecule has 2 aromatic heterocycles. The molecule has 3 rings (SSSR count). The number of fused-ring (bicyclic) bond motifs is 1. The molecule has 1 aliphatic heterocycles. The minimum atomic E-state index is -0.147. The van der Waals surface area contributed by atoms with Crippen molar-refractivity contribution in [2.24, 2.45) is 5.92 Å². The Morgan fingerprint density at radius 1 is 1.47 bits per heavy atom. The van der Waals surface area contributed by atoms with Crippen LogP contribution in [0, 0.1) is 5.92 Å². The van der Waals surface area contributed by atoms with Gasteiger partial charge in [0.1, 0.15) is 18.1 Å². The SMILES string of the molecule is CC1C(CO)OC1n1cnc2c(N)ncnc21. The van der Waals surface area contributed by atoms with Crippen molar-refractivity contribution in [1.82, 2.24) is 19.5 Å². The quantitative estimate of drug-likeness (QED) is 0.756. The molecule has 1 fully saturated rings. The summed E-state index contributed by atoms with van der Waals surface area (Å²) in [7, 11) is 0. The molecule has 0 radical (unpaired) electrons. The Morgan fingerprint density at radius 3 is 3.00 bits per heavy atom. The van der Waals surface area contributed by atoms with Gasteiger partial charge in [0.2, 0.25) is 0 Å².